The number of rotatable bonds is 5. The molecule has 0 N–H and O–H groups in total. The highest BCUT2D eigenvalue weighted by Gasteiger charge is 2.47. The van der Waals surface area contributed by atoms with Gasteiger partial charge in [-0.1, -0.05) is 6.42 Å². The first-order chi connectivity index (χ1) is 9.66. The number of nitrogens with zero attached hydrogens (tertiary/aromatic N) is 2. The van der Waals surface area contributed by atoms with Gasteiger partial charge in [0.05, 0.1) is 12.0 Å². The van der Waals surface area contributed by atoms with Gasteiger partial charge in [0.1, 0.15) is 0 Å². The molecular weight excluding hydrogens is 256 g/mol. The summed E-state index contributed by atoms with van der Waals surface area (Å²) in [4.78, 5) is 28.6. The Bertz CT molecular complexity index is 402. The highest BCUT2D eigenvalue weighted by atomic mass is 16.5. The van der Waals surface area contributed by atoms with Gasteiger partial charge in [-0.3, -0.25) is 9.59 Å². The average Bonchev–Trinajstić information content (AvgIpc) is 3.21. The van der Waals surface area contributed by atoms with Crippen LogP contribution in [0.4, 0.5) is 0 Å². The van der Waals surface area contributed by atoms with Crippen molar-refractivity contribution in [2.45, 2.75) is 44.6 Å². The maximum atomic E-state index is 12.7. The van der Waals surface area contributed by atoms with Gasteiger partial charge < -0.3 is 14.5 Å². The molecule has 5 nitrogen and oxygen atoms in total. The first-order valence-corrected chi connectivity index (χ1v) is 7.74. The van der Waals surface area contributed by atoms with Gasteiger partial charge in [-0.2, -0.15) is 0 Å². The molecule has 5 heteroatoms. The molecule has 20 heavy (non-hydrogen) atoms. The highest BCUT2D eigenvalue weighted by Crippen LogP contribution is 2.45. The molecule has 0 spiro atoms. The number of carbonyl (C=O) groups is 2. The molecule has 0 atom stereocenters. The average molecular weight is 280 g/mol. The van der Waals surface area contributed by atoms with Crippen molar-refractivity contribution in [2.75, 3.05) is 33.4 Å². The molecule has 112 valence electrons. The summed E-state index contributed by atoms with van der Waals surface area (Å²) < 4.78 is 5.14. The summed E-state index contributed by atoms with van der Waals surface area (Å²) in [5, 5.41) is 0. The van der Waals surface area contributed by atoms with Gasteiger partial charge in [-0.25, -0.2) is 0 Å². The second-order valence-corrected chi connectivity index (χ2v) is 6.42. The zero-order valence-corrected chi connectivity index (χ0v) is 12.3. The van der Waals surface area contributed by atoms with Crippen LogP contribution in [-0.2, 0) is 14.3 Å². The van der Waals surface area contributed by atoms with E-state index in [0.717, 1.165) is 45.1 Å². The van der Waals surface area contributed by atoms with Crippen molar-refractivity contribution in [3.63, 3.8) is 0 Å². The van der Waals surface area contributed by atoms with Crippen LogP contribution in [0.2, 0.25) is 0 Å². The van der Waals surface area contributed by atoms with Crippen molar-refractivity contribution < 1.29 is 14.3 Å². The first-order valence-electron chi connectivity index (χ1n) is 7.74. The molecule has 1 heterocycles. The highest BCUT2D eigenvalue weighted by molar-refractivity contribution is 5.89. The van der Waals surface area contributed by atoms with Crippen molar-refractivity contribution in [1.82, 2.24) is 9.80 Å². The predicted molar refractivity (Wildman–Crippen MR) is 74.1 cm³/mol. The van der Waals surface area contributed by atoms with Crippen LogP contribution in [-0.4, -0.2) is 61.0 Å². The fourth-order valence-electron chi connectivity index (χ4n) is 3.44. The number of hydrogen-bond acceptors (Lipinski definition) is 3. The molecule has 3 fully saturated rings. The van der Waals surface area contributed by atoms with Crippen molar-refractivity contribution in [3.05, 3.63) is 0 Å². The lowest BCUT2D eigenvalue weighted by Gasteiger charge is -2.45. The van der Waals surface area contributed by atoms with Gasteiger partial charge in [0.15, 0.2) is 0 Å². The second-order valence-electron chi connectivity index (χ2n) is 6.42. The molecule has 0 aromatic carbocycles. The molecule has 1 saturated heterocycles. The quantitative estimate of drug-likeness (QED) is 0.755. The van der Waals surface area contributed by atoms with E-state index in [9.17, 15) is 9.59 Å². The largest absolute Gasteiger partial charge is 0.385 e. The monoisotopic (exact) mass is 280 g/mol. The molecule has 0 radical (unpaired) electrons. The lowest BCUT2D eigenvalue weighted by atomic mass is 9.65. The summed E-state index contributed by atoms with van der Waals surface area (Å²) in [5.74, 6) is 0.318. The SMILES string of the molecule is COCCC1(C(=O)N2CCN(C3CC3)C(=O)C2)CCC1. The van der Waals surface area contributed by atoms with E-state index in [0.29, 0.717) is 19.2 Å². The number of ether oxygens (including phenoxy) is 1. The van der Waals surface area contributed by atoms with Crippen LogP contribution in [0.1, 0.15) is 38.5 Å². The third-order valence-corrected chi connectivity index (χ3v) is 5.08. The predicted octanol–water partition coefficient (Wildman–Crippen LogP) is 1.03. The molecule has 3 aliphatic rings. The third kappa shape index (κ3) is 2.43. The molecular formula is C15H24N2O3. The smallest absolute Gasteiger partial charge is 0.242 e. The van der Waals surface area contributed by atoms with Crippen LogP contribution in [0.3, 0.4) is 0 Å². The minimum atomic E-state index is -0.238. The Morgan fingerprint density at radius 1 is 1.35 bits per heavy atom. The number of carbonyl (C=O) groups excluding carboxylic acids is 2. The van der Waals surface area contributed by atoms with E-state index in [1.807, 2.05) is 4.90 Å². The van der Waals surface area contributed by atoms with Gasteiger partial charge in [0.25, 0.3) is 0 Å². The van der Waals surface area contributed by atoms with Crippen molar-refractivity contribution >= 4 is 11.8 Å². The zero-order valence-electron chi connectivity index (χ0n) is 12.3. The van der Waals surface area contributed by atoms with Crippen LogP contribution in [0.5, 0.6) is 0 Å². The fraction of sp³-hybridized carbons (Fsp3) is 0.867. The summed E-state index contributed by atoms with van der Waals surface area (Å²) in [6.07, 6.45) is 6.08. The summed E-state index contributed by atoms with van der Waals surface area (Å²) in [6.45, 7) is 2.33. The Kier molecular flexibility index (Phi) is 3.71. The minimum absolute atomic E-state index is 0.133. The van der Waals surface area contributed by atoms with Crippen molar-refractivity contribution in [3.8, 4) is 0 Å². The van der Waals surface area contributed by atoms with E-state index in [-0.39, 0.29) is 23.8 Å². The molecule has 2 amide bonds. The molecule has 2 saturated carbocycles. The zero-order chi connectivity index (χ0) is 14.2. The van der Waals surface area contributed by atoms with Gasteiger partial charge in [-0.05, 0) is 32.1 Å². The molecule has 0 unspecified atom stereocenters. The molecule has 2 aliphatic carbocycles. The molecule has 1 aliphatic heterocycles. The summed E-state index contributed by atoms with van der Waals surface area (Å²) in [7, 11) is 1.68. The van der Waals surface area contributed by atoms with Gasteiger partial charge in [-0.15, -0.1) is 0 Å². The van der Waals surface area contributed by atoms with E-state index in [2.05, 4.69) is 0 Å². The Hall–Kier alpha value is -1.10. The summed E-state index contributed by atoms with van der Waals surface area (Å²) in [6, 6.07) is 0.464. The maximum absolute atomic E-state index is 12.7. The van der Waals surface area contributed by atoms with Gasteiger partial charge >= 0.3 is 0 Å². The lowest BCUT2D eigenvalue weighted by Crippen LogP contribution is -2.57. The molecule has 0 aromatic heterocycles. The minimum Gasteiger partial charge on any atom is -0.385 e. The van der Waals surface area contributed by atoms with Crippen LogP contribution < -0.4 is 0 Å². The second kappa shape index (κ2) is 5.35. The van der Waals surface area contributed by atoms with Crippen LogP contribution in [0, 0.1) is 5.41 Å². The molecule has 3 rings (SSSR count). The Labute approximate surface area is 120 Å². The van der Waals surface area contributed by atoms with Crippen LogP contribution in [0.15, 0.2) is 0 Å². The van der Waals surface area contributed by atoms with Crippen LogP contribution in [0.25, 0.3) is 0 Å². The van der Waals surface area contributed by atoms with E-state index in [1.54, 1.807) is 12.0 Å². The first kappa shape index (κ1) is 13.9. The lowest BCUT2D eigenvalue weighted by molar-refractivity contribution is -0.157. The summed E-state index contributed by atoms with van der Waals surface area (Å²) in [5.41, 5.74) is -0.238. The maximum Gasteiger partial charge on any atom is 0.242 e. The fourth-order valence-corrected chi connectivity index (χ4v) is 3.44. The van der Waals surface area contributed by atoms with Crippen molar-refractivity contribution in [2.24, 2.45) is 5.41 Å². The van der Waals surface area contributed by atoms with E-state index in [4.69, 9.17) is 4.74 Å². The number of amides is 2. The van der Waals surface area contributed by atoms with E-state index < -0.39 is 0 Å². The summed E-state index contributed by atoms with van der Waals surface area (Å²) >= 11 is 0. The van der Waals surface area contributed by atoms with E-state index >= 15 is 0 Å². The standard InChI is InChI=1S/C15H24N2O3/c1-20-10-7-15(5-2-6-15)14(19)16-8-9-17(12-3-4-12)13(18)11-16/h12H,2-11H2,1H3. The normalized spacial score (nSPS) is 25.6. The van der Waals surface area contributed by atoms with Crippen LogP contribution >= 0.6 is 0 Å². The topological polar surface area (TPSA) is 49.9 Å². The van der Waals surface area contributed by atoms with Gasteiger partial charge in [0.2, 0.25) is 11.8 Å². The van der Waals surface area contributed by atoms with Gasteiger partial charge in [0, 0.05) is 32.8 Å². The molecule has 0 bridgehead atoms. The number of hydrogen-bond donors (Lipinski definition) is 0. The Morgan fingerprint density at radius 3 is 2.60 bits per heavy atom. The number of methoxy groups -OCH3 is 1. The van der Waals surface area contributed by atoms with E-state index in [1.165, 1.54) is 0 Å². The number of piperazine rings is 1. The third-order valence-electron chi connectivity index (χ3n) is 5.08. The Balaban J connectivity index is 1.61. The van der Waals surface area contributed by atoms with Crippen molar-refractivity contribution in [1.29, 1.82) is 0 Å². The Morgan fingerprint density at radius 2 is 2.10 bits per heavy atom. The molecule has 0 aromatic rings.